The third kappa shape index (κ3) is 4.61. The molecule has 2 fully saturated rings. The number of carbonyl (C=O) groups is 2. The van der Waals surface area contributed by atoms with Gasteiger partial charge in [-0.25, -0.2) is 4.68 Å². The number of ether oxygens (including phenoxy) is 1. The molecule has 0 aliphatic carbocycles. The maximum Gasteiger partial charge on any atom is 0.295 e. The van der Waals surface area contributed by atoms with Gasteiger partial charge >= 0.3 is 0 Å². The molecule has 186 valence electrons. The van der Waals surface area contributed by atoms with Crippen LogP contribution in [0.1, 0.15) is 22.9 Å². The summed E-state index contributed by atoms with van der Waals surface area (Å²) in [4.78, 5) is 30.4. The molecule has 2 aliphatic heterocycles. The third-order valence-electron chi connectivity index (χ3n) is 6.73. The monoisotopic (exact) mass is 550 g/mol. The molecule has 3 heterocycles. The summed E-state index contributed by atoms with van der Waals surface area (Å²) in [5.41, 5.74) is 2.76. The Bertz CT molecular complexity index is 1310. The van der Waals surface area contributed by atoms with E-state index in [-0.39, 0.29) is 11.3 Å². The van der Waals surface area contributed by atoms with Crippen molar-refractivity contribution in [3.63, 3.8) is 0 Å². The van der Waals surface area contributed by atoms with Gasteiger partial charge in [0.1, 0.15) is 5.76 Å². The van der Waals surface area contributed by atoms with Crippen molar-refractivity contribution in [1.82, 2.24) is 19.6 Å². The number of hydrogen-bond acceptors (Lipinski definition) is 6. The van der Waals surface area contributed by atoms with Crippen molar-refractivity contribution in [2.75, 3.05) is 39.4 Å². The number of aromatic nitrogens is 2. The minimum absolute atomic E-state index is 0.0794. The van der Waals surface area contributed by atoms with E-state index < -0.39 is 17.7 Å². The fourth-order valence-electron chi connectivity index (χ4n) is 4.82. The van der Waals surface area contributed by atoms with Crippen LogP contribution in [0, 0.1) is 6.92 Å². The number of amides is 1. The molecule has 0 spiro atoms. The second-order valence-corrected chi connectivity index (χ2v) is 9.81. The number of benzene rings is 2. The summed E-state index contributed by atoms with van der Waals surface area (Å²) in [5.74, 6) is -1.51. The molecule has 5 rings (SSSR count). The third-order valence-corrected chi connectivity index (χ3v) is 7.22. The largest absolute Gasteiger partial charge is 0.507 e. The highest BCUT2D eigenvalue weighted by Crippen LogP contribution is 2.40. The number of rotatable bonds is 6. The van der Waals surface area contributed by atoms with Gasteiger partial charge in [-0.1, -0.05) is 46.3 Å². The molecule has 2 saturated heterocycles. The first kappa shape index (κ1) is 24.4. The molecule has 3 aromatic rings. The topological polar surface area (TPSA) is 87.9 Å². The van der Waals surface area contributed by atoms with E-state index in [1.165, 1.54) is 6.20 Å². The molecular weight excluding hydrogens is 524 g/mol. The van der Waals surface area contributed by atoms with Gasteiger partial charge in [0.05, 0.1) is 48.0 Å². The number of likely N-dealkylation sites (tertiary alicyclic amines) is 1. The van der Waals surface area contributed by atoms with E-state index in [4.69, 9.17) is 4.74 Å². The van der Waals surface area contributed by atoms with Crippen LogP contribution in [0.25, 0.3) is 11.4 Å². The van der Waals surface area contributed by atoms with Crippen molar-refractivity contribution in [3.8, 4) is 5.69 Å². The van der Waals surface area contributed by atoms with Gasteiger partial charge in [-0.05, 0) is 36.8 Å². The van der Waals surface area contributed by atoms with Crippen LogP contribution < -0.4 is 0 Å². The summed E-state index contributed by atoms with van der Waals surface area (Å²) in [7, 11) is 0. The van der Waals surface area contributed by atoms with Crippen molar-refractivity contribution >= 4 is 33.4 Å². The number of Topliss-reactive ketones (excluding diaryl/α,β-unsaturated/α-hetero) is 1. The quantitative estimate of drug-likeness (QED) is 0.286. The van der Waals surface area contributed by atoms with Gasteiger partial charge in [0, 0.05) is 30.7 Å². The van der Waals surface area contributed by atoms with Crippen LogP contribution >= 0.6 is 15.9 Å². The molecule has 1 amide bonds. The van der Waals surface area contributed by atoms with E-state index in [0.29, 0.717) is 37.6 Å². The van der Waals surface area contributed by atoms with Crippen LogP contribution in [0.2, 0.25) is 0 Å². The van der Waals surface area contributed by atoms with Gasteiger partial charge < -0.3 is 14.7 Å². The molecule has 0 radical (unpaired) electrons. The second-order valence-electron chi connectivity index (χ2n) is 8.89. The predicted molar refractivity (Wildman–Crippen MR) is 139 cm³/mol. The number of carbonyl (C=O) groups excluding carboxylic acids is 2. The summed E-state index contributed by atoms with van der Waals surface area (Å²) >= 11 is 3.50. The number of nitrogens with zero attached hydrogens (tertiary/aromatic N) is 4. The van der Waals surface area contributed by atoms with E-state index in [2.05, 4.69) is 25.9 Å². The number of aliphatic hydroxyl groups excluding tert-OH is 1. The summed E-state index contributed by atoms with van der Waals surface area (Å²) in [6, 6.07) is 16.3. The van der Waals surface area contributed by atoms with Gasteiger partial charge in [0.25, 0.3) is 11.7 Å². The number of morpholine rings is 1. The number of hydrogen-bond donors (Lipinski definition) is 1. The van der Waals surface area contributed by atoms with Crippen LogP contribution in [0.4, 0.5) is 0 Å². The minimum Gasteiger partial charge on any atom is -0.507 e. The van der Waals surface area contributed by atoms with E-state index in [1.54, 1.807) is 9.58 Å². The lowest BCUT2D eigenvalue weighted by atomic mass is 9.95. The highest BCUT2D eigenvalue weighted by Gasteiger charge is 2.46. The number of para-hydroxylation sites is 1. The molecule has 1 atom stereocenters. The molecule has 9 heteroatoms. The maximum atomic E-state index is 13.4. The average Bonchev–Trinajstić information content (AvgIpc) is 3.40. The van der Waals surface area contributed by atoms with Crippen LogP contribution in [0.3, 0.4) is 0 Å². The van der Waals surface area contributed by atoms with Gasteiger partial charge in [-0.15, -0.1) is 0 Å². The van der Waals surface area contributed by atoms with Gasteiger partial charge in [0.15, 0.2) is 0 Å². The van der Waals surface area contributed by atoms with Gasteiger partial charge in [0.2, 0.25) is 0 Å². The van der Waals surface area contributed by atoms with Crippen molar-refractivity contribution < 1.29 is 19.4 Å². The first-order valence-electron chi connectivity index (χ1n) is 11.9. The zero-order valence-corrected chi connectivity index (χ0v) is 21.5. The van der Waals surface area contributed by atoms with Gasteiger partial charge in [-0.2, -0.15) is 5.10 Å². The molecule has 2 aliphatic rings. The van der Waals surface area contributed by atoms with Crippen molar-refractivity contribution in [2.24, 2.45) is 0 Å². The number of ketones is 1. The summed E-state index contributed by atoms with van der Waals surface area (Å²) in [6.07, 6.45) is 1.54. The van der Waals surface area contributed by atoms with E-state index in [0.717, 1.165) is 28.8 Å². The van der Waals surface area contributed by atoms with Crippen LogP contribution in [0.5, 0.6) is 0 Å². The molecule has 2 aromatic carbocycles. The van der Waals surface area contributed by atoms with E-state index >= 15 is 0 Å². The minimum atomic E-state index is -0.706. The smallest absolute Gasteiger partial charge is 0.295 e. The average molecular weight is 551 g/mol. The molecule has 36 heavy (non-hydrogen) atoms. The Balaban J connectivity index is 1.56. The highest BCUT2D eigenvalue weighted by molar-refractivity contribution is 9.10. The normalized spacial score (nSPS) is 20.3. The molecule has 8 nitrogen and oxygen atoms in total. The second kappa shape index (κ2) is 10.4. The maximum absolute atomic E-state index is 13.4. The zero-order chi connectivity index (χ0) is 25.2. The zero-order valence-electron chi connectivity index (χ0n) is 19.9. The highest BCUT2D eigenvalue weighted by atomic mass is 79.9. The molecule has 0 unspecified atom stereocenters. The van der Waals surface area contributed by atoms with Crippen LogP contribution in [0.15, 0.2) is 70.8 Å². The van der Waals surface area contributed by atoms with E-state index in [9.17, 15) is 14.7 Å². The Kier molecular flexibility index (Phi) is 7.04. The fraction of sp³-hybridized carbons (Fsp3) is 0.296. The lowest BCUT2D eigenvalue weighted by molar-refractivity contribution is -0.140. The Labute approximate surface area is 217 Å². The molecular formula is C27H27BrN4O4. The van der Waals surface area contributed by atoms with E-state index in [1.807, 2.05) is 61.5 Å². The lowest BCUT2D eigenvalue weighted by Crippen LogP contribution is -2.42. The van der Waals surface area contributed by atoms with Crippen LogP contribution in [-0.4, -0.2) is 75.8 Å². The molecule has 0 saturated carbocycles. The summed E-state index contributed by atoms with van der Waals surface area (Å²) < 4.78 is 7.96. The Hall–Kier alpha value is -3.27. The number of aliphatic hydroxyl groups is 1. The van der Waals surface area contributed by atoms with Crippen molar-refractivity contribution in [2.45, 2.75) is 13.0 Å². The predicted octanol–water partition coefficient (Wildman–Crippen LogP) is 3.70. The Morgan fingerprint density at radius 3 is 2.56 bits per heavy atom. The van der Waals surface area contributed by atoms with Crippen LogP contribution in [-0.2, 0) is 14.3 Å². The molecule has 1 aromatic heterocycles. The summed E-state index contributed by atoms with van der Waals surface area (Å²) in [6.45, 7) is 5.67. The van der Waals surface area contributed by atoms with Gasteiger partial charge in [-0.3, -0.25) is 14.5 Å². The first-order valence-corrected chi connectivity index (χ1v) is 12.7. The molecule has 0 bridgehead atoms. The standard InChI is InChI=1S/C27H27BrN4O4/c1-18-22(17-29-32(18)21-8-3-2-4-9-21)25(33)23-24(19-6-5-7-20(28)16-19)31(27(35)26(23)34)11-10-30-12-14-36-15-13-30/h2-9,16-17,24,33H,10-15H2,1H3/t24-/m0/s1. The summed E-state index contributed by atoms with van der Waals surface area (Å²) in [5, 5.41) is 15.9. The van der Waals surface area contributed by atoms with Crippen molar-refractivity contribution in [1.29, 1.82) is 0 Å². The Morgan fingerprint density at radius 1 is 1.08 bits per heavy atom. The fourth-order valence-corrected chi connectivity index (χ4v) is 5.24. The molecule has 1 N–H and O–H groups in total. The first-order chi connectivity index (χ1) is 17.5. The number of halogens is 1. The SMILES string of the molecule is Cc1c(C(O)=C2C(=O)C(=O)N(CCN3CCOCC3)[C@H]2c2cccc(Br)c2)cnn1-c1ccccc1. The lowest BCUT2D eigenvalue weighted by Gasteiger charge is -2.31. The Morgan fingerprint density at radius 2 is 1.83 bits per heavy atom. The van der Waals surface area contributed by atoms with Crippen molar-refractivity contribution in [3.05, 3.63) is 87.7 Å².